The largest absolute Gasteiger partial charge is 0.482 e. The van der Waals surface area contributed by atoms with Gasteiger partial charge in [-0.2, -0.15) is 0 Å². The Balaban J connectivity index is 1.51. The summed E-state index contributed by atoms with van der Waals surface area (Å²) in [6.45, 7) is 3.33. The fourth-order valence-corrected chi connectivity index (χ4v) is 3.02. The van der Waals surface area contributed by atoms with E-state index >= 15 is 0 Å². The highest BCUT2D eigenvalue weighted by Gasteiger charge is 2.20. The number of ether oxygens (including phenoxy) is 2. The summed E-state index contributed by atoms with van der Waals surface area (Å²) < 4.78 is 10.7. The van der Waals surface area contributed by atoms with E-state index in [1.807, 2.05) is 37.3 Å². The average molecular weight is 338 g/mol. The van der Waals surface area contributed by atoms with Crippen LogP contribution in [-0.2, 0) is 22.4 Å². The predicted octanol–water partition coefficient (Wildman–Crippen LogP) is 3.68. The molecule has 0 saturated carbocycles. The Morgan fingerprint density at radius 3 is 2.52 bits per heavy atom. The van der Waals surface area contributed by atoms with Crippen molar-refractivity contribution >= 4 is 11.8 Å². The predicted molar refractivity (Wildman–Crippen MR) is 95.0 cm³/mol. The first-order valence-electron chi connectivity index (χ1n) is 8.58. The second-order valence-corrected chi connectivity index (χ2v) is 6.44. The Bertz CT molecular complexity index is 777. The van der Waals surface area contributed by atoms with Crippen LogP contribution in [0.2, 0.25) is 0 Å². The SMILES string of the molecule is Cc1ccc(C(=O)C(C)OC(=O)COc2ccc3c(c2)CCC3)cc1. The minimum absolute atomic E-state index is 0.204. The lowest BCUT2D eigenvalue weighted by atomic mass is 10.1. The highest BCUT2D eigenvalue weighted by Crippen LogP contribution is 2.26. The molecule has 25 heavy (non-hydrogen) atoms. The summed E-state index contributed by atoms with van der Waals surface area (Å²) in [4.78, 5) is 24.2. The van der Waals surface area contributed by atoms with Crippen LogP contribution in [0.5, 0.6) is 5.75 Å². The van der Waals surface area contributed by atoms with Gasteiger partial charge in [-0.25, -0.2) is 4.79 Å². The van der Waals surface area contributed by atoms with Crippen molar-refractivity contribution in [2.45, 2.75) is 39.2 Å². The maximum atomic E-state index is 12.3. The van der Waals surface area contributed by atoms with Crippen molar-refractivity contribution in [3.8, 4) is 5.75 Å². The van der Waals surface area contributed by atoms with Gasteiger partial charge in [-0.05, 0) is 56.4 Å². The minimum atomic E-state index is -0.834. The number of rotatable bonds is 6. The molecule has 4 heteroatoms. The molecule has 1 aliphatic carbocycles. The molecule has 4 nitrogen and oxygen atoms in total. The molecule has 0 radical (unpaired) electrons. The normalized spacial score (nSPS) is 13.8. The molecule has 0 bridgehead atoms. The highest BCUT2D eigenvalue weighted by molar-refractivity contribution is 6.00. The van der Waals surface area contributed by atoms with Gasteiger partial charge in [0, 0.05) is 5.56 Å². The standard InChI is InChI=1S/C21H22O4/c1-14-6-8-17(9-7-14)21(23)15(2)25-20(22)13-24-19-11-10-16-4-3-5-18(16)12-19/h6-12,15H,3-5,13H2,1-2H3. The van der Waals surface area contributed by atoms with E-state index in [0.717, 1.165) is 18.4 Å². The van der Waals surface area contributed by atoms with Crippen LogP contribution in [0.25, 0.3) is 0 Å². The van der Waals surface area contributed by atoms with Gasteiger partial charge in [0.1, 0.15) is 5.75 Å². The Kier molecular flexibility index (Phi) is 5.17. The number of carbonyl (C=O) groups excluding carboxylic acids is 2. The van der Waals surface area contributed by atoms with Crippen LogP contribution >= 0.6 is 0 Å². The van der Waals surface area contributed by atoms with Crippen molar-refractivity contribution in [1.82, 2.24) is 0 Å². The first-order chi connectivity index (χ1) is 12.0. The molecule has 0 heterocycles. The number of ketones is 1. The first kappa shape index (κ1) is 17.2. The third-order valence-corrected chi connectivity index (χ3v) is 4.44. The van der Waals surface area contributed by atoms with Gasteiger partial charge in [0.05, 0.1) is 0 Å². The van der Waals surface area contributed by atoms with Crippen molar-refractivity contribution < 1.29 is 19.1 Å². The molecule has 0 N–H and O–H groups in total. The Morgan fingerprint density at radius 1 is 1.04 bits per heavy atom. The van der Waals surface area contributed by atoms with Crippen LogP contribution in [0, 0.1) is 6.92 Å². The van der Waals surface area contributed by atoms with Crippen molar-refractivity contribution in [3.63, 3.8) is 0 Å². The van der Waals surface area contributed by atoms with Gasteiger partial charge in [0.15, 0.2) is 12.7 Å². The highest BCUT2D eigenvalue weighted by atomic mass is 16.6. The molecule has 0 saturated heterocycles. The van der Waals surface area contributed by atoms with Crippen LogP contribution in [0.1, 0.15) is 40.4 Å². The van der Waals surface area contributed by atoms with Crippen molar-refractivity contribution in [2.24, 2.45) is 0 Å². The van der Waals surface area contributed by atoms with Gasteiger partial charge >= 0.3 is 5.97 Å². The second-order valence-electron chi connectivity index (χ2n) is 6.44. The number of hydrogen-bond donors (Lipinski definition) is 0. The van der Waals surface area contributed by atoms with E-state index in [4.69, 9.17) is 9.47 Å². The second kappa shape index (κ2) is 7.51. The van der Waals surface area contributed by atoms with E-state index in [0.29, 0.717) is 11.3 Å². The van der Waals surface area contributed by atoms with Crippen LogP contribution in [0.4, 0.5) is 0 Å². The minimum Gasteiger partial charge on any atom is -0.482 e. The van der Waals surface area contributed by atoms with Gasteiger partial charge in [-0.15, -0.1) is 0 Å². The summed E-state index contributed by atoms with van der Waals surface area (Å²) in [7, 11) is 0. The summed E-state index contributed by atoms with van der Waals surface area (Å²) in [5, 5.41) is 0. The maximum Gasteiger partial charge on any atom is 0.344 e. The van der Waals surface area contributed by atoms with Crippen LogP contribution in [0.3, 0.4) is 0 Å². The van der Waals surface area contributed by atoms with Crippen LogP contribution in [0.15, 0.2) is 42.5 Å². The number of Topliss-reactive ketones (excluding diaryl/α,β-unsaturated/α-hetero) is 1. The molecule has 1 aliphatic rings. The zero-order valence-corrected chi connectivity index (χ0v) is 14.6. The molecule has 3 rings (SSSR count). The zero-order valence-electron chi connectivity index (χ0n) is 14.6. The lowest BCUT2D eigenvalue weighted by molar-refractivity contribution is -0.148. The molecule has 1 atom stereocenters. The topological polar surface area (TPSA) is 52.6 Å². The van der Waals surface area contributed by atoms with E-state index < -0.39 is 12.1 Å². The summed E-state index contributed by atoms with van der Waals surface area (Å²) in [6.07, 6.45) is 2.49. The fourth-order valence-electron chi connectivity index (χ4n) is 3.02. The number of fused-ring (bicyclic) bond motifs is 1. The lowest BCUT2D eigenvalue weighted by Gasteiger charge is -2.13. The first-order valence-corrected chi connectivity index (χ1v) is 8.58. The third kappa shape index (κ3) is 4.27. The summed E-state index contributed by atoms with van der Waals surface area (Å²) in [6, 6.07) is 13.1. The maximum absolute atomic E-state index is 12.3. The number of carbonyl (C=O) groups is 2. The summed E-state index contributed by atoms with van der Waals surface area (Å²) in [5.41, 5.74) is 4.25. The van der Waals surface area contributed by atoms with E-state index in [1.165, 1.54) is 17.5 Å². The van der Waals surface area contributed by atoms with E-state index in [1.54, 1.807) is 19.1 Å². The number of hydrogen-bond acceptors (Lipinski definition) is 4. The Morgan fingerprint density at radius 2 is 1.76 bits per heavy atom. The molecular weight excluding hydrogens is 316 g/mol. The fraction of sp³-hybridized carbons (Fsp3) is 0.333. The van der Waals surface area contributed by atoms with Gasteiger partial charge in [0.2, 0.25) is 5.78 Å². The van der Waals surface area contributed by atoms with Crippen LogP contribution < -0.4 is 4.74 Å². The molecule has 130 valence electrons. The molecular formula is C21H22O4. The monoisotopic (exact) mass is 338 g/mol. The molecule has 0 spiro atoms. The van der Waals surface area contributed by atoms with Crippen molar-refractivity contribution in [1.29, 1.82) is 0 Å². The lowest BCUT2D eigenvalue weighted by Crippen LogP contribution is -2.27. The van der Waals surface area contributed by atoms with Crippen molar-refractivity contribution in [2.75, 3.05) is 6.61 Å². The third-order valence-electron chi connectivity index (χ3n) is 4.44. The van der Waals surface area contributed by atoms with Gasteiger partial charge < -0.3 is 9.47 Å². The molecule has 0 aliphatic heterocycles. The number of aryl methyl sites for hydroxylation is 3. The summed E-state index contributed by atoms with van der Waals surface area (Å²) in [5.74, 6) is -0.102. The van der Waals surface area contributed by atoms with Gasteiger partial charge in [0.25, 0.3) is 0 Å². The van der Waals surface area contributed by atoms with E-state index in [-0.39, 0.29) is 12.4 Å². The van der Waals surface area contributed by atoms with Crippen LogP contribution in [-0.4, -0.2) is 24.5 Å². The molecule has 2 aromatic carbocycles. The zero-order chi connectivity index (χ0) is 17.8. The molecule has 0 aromatic heterocycles. The molecule has 1 unspecified atom stereocenters. The van der Waals surface area contributed by atoms with Crippen molar-refractivity contribution in [3.05, 3.63) is 64.7 Å². The Labute approximate surface area is 147 Å². The molecule has 0 fully saturated rings. The number of esters is 1. The summed E-state index contributed by atoms with van der Waals surface area (Å²) >= 11 is 0. The van der Waals surface area contributed by atoms with E-state index in [2.05, 4.69) is 0 Å². The van der Waals surface area contributed by atoms with E-state index in [9.17, 15) is 9.59 Å². The van der Waals surface area contributed by atoms with Gasteiger partial charge in [-0.1, -0.05) is 35.9 Å². The molecule has 2 aromatic rings. The van der Waals surface area contributed by atoms with Gasteiger partial charge in [-0.3, -0.25) is 4.79 Å². The quantitative estimate of drug-likeness (QED) is 0.595. The molecule has 0 amide bonds. The Hall–Kier alpha value is -2.62. The number of benzene rings is 2. The average Bonchev–Trinajstić information content (AvgIpc) is 3.07. The smallest absolute Gasteiger partial charge is 0.344 e.